The van der Waals surface area contributed by atoms with E-state index < -0.39 is 24.0 Å². The summed E-state index contributed by atoms with van der Waals surface area (Å²) in [6, 6.07) is 2.47. The van der Waals surface area contributed by atoms with Crippen molar-refractivity contribution < 1.29 is 23.8 Å². The summed E-state index contributed by atoms with van der Waals surface area (Å²) >= 11 is 3.50. The Labute approximate surface area is 160 Å². The summed E-state index contributed by atoms with van der Waals surface area (Å²) in [5.41, 5.74) is 1.15. The first-order chi connectivity index (χ1) is 12.5. The third-order valence-corrected chi connectivity index (χ3v) is 5.10. The molecule has 1 N–H and O–H groups in total. The Morgan fingerprint density at radius 2 is 2.08 bits per heavy atom. The summed E-state index contributed by atoms with van der Waals surface area (Å²) in [5, 5.41) is 2.77. The largest absolute Gasteiger partial charge is 0.465 e. The van der Waals surface area contributed by atoms with Crippen LogP contribution in [0, 0.1) is 5.92 Å². The zero-order valence-electron chi connectivity index (χ0n) is 14.7. The van der Waals surface area contributed by atoms with Crippen molar-refractivity contribution in [1.82, 2.24) is 5.32 Å². The zero-order valence-corrected chi connectivity index (χ0v) is 16.3. The van der Waals surface area contributed by atoms with Crippen molar-refractivity contribution >= 4 is 33.6 Å². The third kappa shape index (κ3) is 3.85. The summed E-state index contributed by atoms with van der Waals surface area (Å²) in [7, 11) is 0. The van der Waals surface area contributed by atoms with Crippen LogP contribution >= 0.6 is 15.9 Å². The van der Waals surface area contributed by atoms with Crippen LogP contribution in [0.15, 0.2) is 21.6 Å². The normalized spacial score (nSPS) is 21.2. The van der Waals surface area contributed by atoms with Crippen LogP contribution in [0.4, 0.5) is 4.79 Å². The number of nitrogens with one attached hydrogen (secondary N) is 1. The van der Waals surface area contributed by atoms with E-state index >= 15 is 0 Å². The number of carbonyl (C=O) groups excluding carboxylic acids is 2. The molecule has 8 heteroatoms. The topological polar surface area (TPSA) is 86.2 Å². The fourth-order valence-electron chi connectivity index (χ4n) is 3.07. The number of aliphatic imine (C=N–C) groups is 1. The second-order valence-electron chi connectivity index (χ2n) is 6.26. The highest BCUT2D eigenvalue weighted by Gasteiger charge is 2.39. The Morgan fingerprint density at radius 3 is 2.81 bits per heavy atom. The maximum absolute atomic E-state index is 12.7. The van der Waals surface area contributed by atoms with E-state index in [-0.39, 0.29) is 6.79 Å². The van der Waals surface area contributed by atoms with Crippen molar-refractivity contribution in [2.75, 3.05) is 13.4 Å². The van der Waals surface area contributed by atoms with Crippen LogP contribution in [0.5, 0.6) is 11.5 Å². The maximum Gasteiger partial charge on any atom is 0.341 e. The molecule has 2 unspecified atom stereocenters. The van der Waals surface area contributed by atoms with Crippen LogP contribution in [0.2, 0.25) is 0 Å². The SMILES string of the molecule is CCCCCOC(=O)C1C(C)=NC(=O)NC1c1cc2c(cc1Br)OCO2. The Hall–Kier alpha value is -2.09. The van der Waals surface area contributed by atoms with Crippen molar-refractivity contribution in [3.8, 4) is 11.5 Å². The second-order valence-corrected chi connectivity index (χ2v) is 7.11. The lowest BCUT2D eigenvalue weighted by Gasteiger charge is -2.30. The minimum Gasteiger partial charge on any atom is -0.465 e. The number of carbonyl (C=O) groups is 2. The molecule has 26 heavy (non-hydrogen) atoms. The number of amides is 2. The van der Waals surface area contributed by atoms with Gasteiger partial charge in [0.2, 0.25) is 6.79 Å². The van der Waals surface area contributed by atoms with Gasteiger partial charge in [0.25, 0.3) is 0 Å². The number of unbranched alkanes of at least 4 members (excludes halogenated alkanes) is 2. The highest BCUT2D eigenvalue weighted by Crippen LogP contribution is 2.41. The minimum absolute atomic E-state index is 0.144. The molecule has 2 atom stereocenters. The molecule has 1 aromatic carbocycles. The summed E-state index contributed by atoms with van der Waals surface area (Å²) in [5.74, 6) is 0.113. The van der Waals surface area contributed by atoms with E-state index in [1.165, 1.54) is 0 Å². The monoisotopic (exact) mass is 424 g/mol. The molecule has 0 saturated carbocycles. The molecule has 2 aliphatic rings. The van der Waals surface area contributed by atoms with Gasteiger partial charge < -0.3 is 19.5 Å². The van der Waals surface area contributed by atoms with Gasteiger partial charge in [-0.3, -0.25) is 4.79 Å². The van der Waals surface area contributed by atoms with E-state index in [9.17, 15) is 9.59 Å². The van der Waals surface area contributed by atoms with Gasteiger partial charge in [-0.2, -0.15) is 0 Å². The number of halogens is 1. The van der Waals surface area contributed by atoms with E-state index in [1.807, 2.05) is 0 Å². The number of benzene rings is 1. The number of fused-ring (bicyclic) bond motifs is 1. The van der Waals surface area contributed by atoms with Crippen molar-refractivity contribution in [3.05, 3.63) is 22.2 Å². The van der Waals surface area contributed by atoms with Crippen molar-refractivity contribution in [2.24, 2.45) is 10.9 Å². The molecule has 3 rings (SSSR count). The van der Waals surface area contributed by atoms with E-state index in [0.29, 0.717) is 33.9 Å². The smallest absolute Gasteiger partial charge is 0.341 e. The number of hydrogen-bond acceptors (Lipinski definition) is 5. The first-order valence-electron chi connectivity index (χ1n) is 8.62. The molecular weight excluding hydrogens is 404 g/mol. The van der Waals surface area contributed by atoms with Gasteiger partial charge in [-0.25, -0.2) is 9.79 Å². The molecule has 0 saturated heterocycles. The van der Waals surface area contributed by atoms with Gasteiger partial charge in [0.1, 0.15) is 5.92 Å². The van der Waals surface area contributed by atoms with Gasteiger partial charge in [-0.1, -0.05) is 35.7 Å². The molecule has 0 radical (unpaired) electrons. The maximum atomic E-state index is 12.7. The number of esters is 1. The molecule has 0 spiro atoms. The average molecular weight is 425 g/mol. The molecule has 2 heterocycles. The molecule has 0 aromatic heterocycles. The predicted molar refractivity (Wildman–Crippen MR) is 98.6 cm³/mol. The van der Waals surface area contributed by atoms with Crippen molar-refractivity contribution in [2.45, 2.75) is 39.2 Å². The summed E-state index contributed by atoms with van der Waals surface area (Å²) < 4.78 is 16.9. The molecule has 140 valence electrons. The number of ether oxygens (including phenoxy) is 3. The molecule has 0 fully saturated rings. The summed E-state index contributed by atoms with van der Waals surface area (Å²) in [6.45, 7) is 4.26. The van der Waals surface area contributed by atoms with Crippen LogP contribution in [-0.2, 0) is 9.53 Å². The van der Waals surface area contributed by atoms with Crippen LogP contribution in [0.25, 0.3) is 0 Å². The third-order valence-electron chi connectivity index (χ3n) is 4.41. The quantitative estimate of drug-likeness (QED) is 0.554. The minimum atomic E-state index is -0.689. The fraction of sp³-hybridized carbons (Fsp3) is 0.500. The van der Waals surface area contributed by atoms with Crippen LogP contribution in [0.3, 0.4) is 0 Å². The van der Waals surface area contributed by atoms with Crippen LogP contribution in [-0.4, -0.2) is 31.1 Å². The standard InChI is InChI=1S/C18H21BrN2O5/c1-3-4-5-6-24-17(22)15-10(2)20-18(23)21-16(15)11-7-13-14(8-12(11)19)26-9-25-13/h7-8,15-16H,3-6,9H2,1-2H3,(H,21,23). The first-order valence-corrected chi connectivity index (χ1v) is 9.42. The Bertz CT molecular complexity index is 749. The number of urea groups is 1. The Balaban J connectivity index is 1.87. The first kappa shape index (κ1) is 18.7. The number of nitrogens with zero attached hydrogens (tertiary/aromatic N) is 1. The molecule has 2 amide bonds. The van der Waals surface area contributed by atoms with Crippen molar-refractivity contribution in [3.63, 3.8) is 0 Å². The number of hydrogen-bond donors (Lipinski definition) is 1. The Kier molecular flexibility index (Phi) is 5.80. The highest BCUT2D eigenvalue weighted by molar-refractivity contribution is 9.10. The highest BCUT2D eigenvalue weighted by atomic mass is 79.9. The summed E-state index contributed by atoms with van der Waals surface area (Å²) in [4.78, 5) is 28.5. The van der Waals surface area contributed by atoms with E-state index in [2.05, 4.69) is 33.2 Å². The lowest BCUT2D eigenvalue weighted by Crippen LogP contribution is -2.44. The van der Waals surface area contributed by atoms with E-state index in [1.54, 1.807) is 19.1 Å². The Morgan fingerprint density at radius 1 is 1.35 bits per heavy atom. The van der Waals surface area contributed by atoms with Gasteiger partial charge in [0.15, 0.2) is 11.5 Å². The molecule has 2 aliphatic heterocycles. The predicted octanol–water partition coefficient (Wildman–Crippen LogP) is 3.75. The molecule has 1 aromatic rings. The van der Waals surface area contributed by atoms with Gasteiger partial charge in [-0.05, 0) is 31.0 Å². The second kappa shape index (κ2) is 8.07. The van der Waals surface area contributed by atoms with Gasteiger partial charge >= 0.3 is 12.0 Å². The zero-order chi connectivity index (χ0) is 18.7. The number of rotatable bonds is 6. The molecule has 0 bridgehead atoms. The van der Waals surface area contributed by atoms with E-state index in [4.69, 9.17) is 14.2 Å². The van der Waals surface area contributed by atoms with Gasteiger partial charge in [0.05, 0.1) is 12.6 Å². The fourth-order valence-corrected chi connectivity index (χ4v) is 3.64. The van der Waals surface area contributed by atoms with Gasteiger partial charge in [0, 0.05) is 10.2 Å². The van der Waals surface area contributed by atoms with E-state index in [0.717, 1.165) is 19.3 Å². The molecule has 7 nitrogen and oxygen atoms in total. The van der Waals surface area contributed by atoms with Crippen LogP contribution in [0.1, 0.15) is 44.7 Å². The van der Waals surface area contributed by atoms with Gasteiger partial charge in [-0.15, -0.1) is 0 Å². The lowest BCUT2D eigenvalue weighted by molar-refractivity contribution is -0.147. The molecule has 0 aliphatic carbocycles. The molecular formula is C18H21BrN2O5. The van der Waals surface area contributed by atoms with Crippen molar-refractivity contribution in [1.29, 1.82) is 0 Å². The van der Waals surface area contributed by atoms with Crippen LogP contribution < -0.4 is 14.8 Å². The summed E-state index contributed by atoms with van der Waals surface area (Å²) in [6.07, 6.45) is 2.86. The lowest BCUT2D eigenvalue weighted by atomic mass is 9.88. The average Bonchev–Trinajstić information content (AvgIpc) is 3.04.